The van der Waals surface area contributed by atoms with Crippen molar-refractivity contribution in [2.45, 2.75) is 31.0 Å². The van der Waals surface area contributed by atoms with Crippen LogP contribution in [0.2, 0.25) is 0 Å². The van der Waals surface area contributed by atoms with E-state index in [1.54, 1.807) is 0 Å². The lowest BCUT2D eigenvalue weighted by molar-refractivity contribution is 0.394. The molecule has 1 nitrogen and oxygen atoms in total. The van der Waals surface area contributed by atoms with Crippen molar-refractivity contribution in [3.63, 3.8) is 0 Å². The molecule has 0 amide bonds. The van der Waals surface area contributed by atoms with Gasteiger partial charge in [-0.15, -0.1) is 0 Å². The van der Waals surface area contributed by atoms with Crippen LogP contribution >= 0.6 is 11.8 Å². The molecule has 0 aromatic heterocycles. The largest absolute Gasteiger partial charge is 0.361 e. The highest BCUT2D eigenvalue weighted by Crippen LogP contribution is 2.48. The quantitative estimate of drug-likeness (QED) is 0.639. The topological polar surface area (TPSA) is 3.24 Å². The Balaban J connectivity index is 2.35. The molecule has 1 aliphatic heterocycles. The first kappa shape index (κ1) is 9.91. The normalized spacial score (nSPS) is 21.1. The smallest absolute Gasteiger partial charge is 0.0842 e. The number of fused-ring (bicyclic) bond motifs is 1. The second-order valence-corrected chi connectivity index (χ2v) is 6.04. The maximum atomic E-state index is 2.39. The number of para-hydroxylation sites is 1. The third-order valence-corrected chi connectivity index (χ3v) is 4.42. The van der Waals surface area contributed by atoms with Gasteiger partial charge in [-0.1, -0.05) is 44.7 Å². The lowest BCUT2D eigenvalue weighted by Crippen LogP contribution is -2.35. The van der Waals surface area contributed by atoms with Gasteiger partial charge in [0.05, 0.1) is 11.1 Å². The van der Waals surface area contributed by atoms with E-state index in [0.717, 1.165) is 0 Å². The van der Waals surface area contributed by atoms with Gasteiger partial charge in [0.1, 0.15) is 0 Å². The third-order valence-electron chi connectivity index (χ3n) is 2.58. The summed E-state index contributed by atoms with van der Waals surface area (Å²) in [5, 5.41) is 0.555. The first-order valence-electron chi connectivity index (χ1n) is 4.98. The van der Waals surface area contributed by atoms with Crippen LogP contribution in [-0.2, 0) is 0 Å². The molecule has 1 atom stereocenters. The Morgan fingerprint density at radius 1 is 1.21 bits per heavy atom. The molecule has 0 N–H and O–H groups in total. The number of benzene rings is 1. The summed E-state index contributed by atoms with van der Waals surface area (Å²) in [6.07, 6.45) is 0. The summed E-state index contributed by atoms with van der Waals surface area (Å²) in [4.78, 5) is 3.80. The van der Waals surface area contributed by atoms with Gasteiger partial charge in [0.15, 0.2) is 0 Å². The van der Waals surface area contributed by atoms with Crippen LogP contribution in [0.5, 0.6) is 0 Å². The van der Waals surface area contributed by atoms with Gasteiger partial charge in [0, 0.05) is 11.9 Å². The highest BCUT2D eigenvalue weighted by Gasteiger charge is 2.35. The maximum absolute atomic E-state index is 2.39. The minimum Gasteiger partial charge on any atom is -0.361 e. The van der Waals surface area contributed by atoms with Crippen LogP contribution in [0.3, 0.4) is 0 Å². The average molecular weight is 207 g/mol. The van der Waals surface area contributed by atoms with E-state index in [2.05, 4.69) is 57.0 Å². The van der Waals surface area contributed by atoms with E-state index in [-0.39, 0.29) is 0 Å². The lowest BCUT2D eigenvalue weighted by atomic mass is 9.95. The molecular formula is C12H17NS. The summed E-state index contributed by atoms with van der Waals surface area (Å²) >= 11 is 1.98. The van der Waals surface area contributed by atoms with Crippen LogP contribution in [-0.4, -0.2) is 12.4 Å². The molecule has 2 heteroatoms. The Morgan fingerprint density at radius 3 is 2.43 bits per heavy atom. The molecule has 0 bridgehead atoms. The lowest BCUT2D eigenvalue weighted by Gasteiger charge is -2.33. The van der Waals surface area contributed by atoms with Crippen molar-refractivity contribution in [3.8, 4) is 0 Å². The van der Waals surface area contributed by atoms with Gasteiger partial charge >= 0.3 is 0 Å². The molecule has 1 aromatic carbocycles. The molecule has 0 fully saturated rings. The fourth-order valence-electron chi connectivity index (χ4n) is 1.93. The van der Waals surface area contributed by atoms with E-state index < -0.39 is 0 Å². The minimum absolute atomic E-state index is 0.318. The Morgan fingerprint density at radius 2 is 1.86 bits per heavy atom. The average Bonchev–Trinajstić information content (AvgIpc) is 2.44. The van der Waals surface area contributed by atoms with Gasteiger partial charge in [0.2, 0.25) is 0 Å². The van der Waals surface area contributed by atoms with E-state index >= 15 is 0 Å². The van der Waals surface area contributed by atoms with E-state index in [0.29, 0.717) is 10.8 Å². The zero-order valence-electron chi connectivity index (χ0n) is 9.24. The summed E-state index contributed by atoms with van der Waals surface area (Å²) in [6, 6.07) is 8.64. The maximum Gasteiger partial charge on any atom is 0.0842 e. The van der Waals surface area contributed by atoms with Crippen LogP contribution in [0.25, 0.3) is 0 Å². The molecule has 14 heavy (non-hydrogen) atoms. The Kier molecular flexibility index (Phi) is 2.26. The van der Waals surface area contributed by atoms with Crippen molar-refractivity contribution < 1.29 is 0 Å². The molecule has 0 spiro atoms. The molecule has 0 aliphatic carbocycles. The molecule has 76 valence electrons. The number of thioether (sulfide) groups is 1. The molecular weight excluding hydrogens is 190 g/mol. The Hall–Kier alpha value is -0.630. The molecule has 2 rings (SSSR count). The van der Waals surface area contributed by atoms with Crippen LogP contribution < -0.4 is 4.90 Å². The zero-order chi connectivity index (χ0) is 10.3. The zero-order valence-corrected chi connectivity index (χ0v) is 10.1. The van der Waals surface area contributed by atoms with Crippen molar-refractivity contribution in [2.24, 2.45) is 5.41 Å². The van der Waals surface area contributed by atoms with Crippen LogP contribution in [0.1, 0.15) is 20.8 Å². The first-order chi connectivity index (χ1) is 6.50. The summed E-state index contributed by atoms with van der Waals surface area (Å²) in [5.41, 5.74) is 1.69. The van der Waals surface area contributed by atoms with Crippen molar-refractivity contribution in [3.05, 3.63) is 24.3 Å². The number of rotatable bonds is 0. The molecule has 0 radical (unpaired) electrons. The highest BCUT2D eigenvalue weighted by molar-refractivity contribution is 8.00. The minimum atomic E-state index is 0.318. The van der Waals surface area contributed by atoms with E-state index in [1.807, 2.05) is 11.8 Å². The molecule has 1 unspecified atom stereocenters. The molecule has 0 saturated carbocycles. The van der Waals surface area contributed by atoms with E-state index in [9.17, 15) is 0 Å². The second-order valence-electron chi connectivity index (χ2n) is 4.91. The van der Waals surface area contributed by atoms with Crippen molar-refractivity contribution in [2.75, 3.05) is 11.9 Å². The fraction of sp³-hybridized carbons (Fsp3) is 0.500. The Labute approximate surface area is 90.5 Å². The SMILES string of the molecule is CN1c2ccccc2SC1C(C)(C)C. The second kappa shape index (κ2) is 3.20. The third kappa shape index (κ3) is 1.52. The van der Waals surface area contributed by atoms with Gasteiger partial charge in [-0.2, -0.15) is 0 Å². The predicted molar refractivity (Wildman–Crippen MR) is 63.9 cm³/mol. The summed E-state index contributed by atoms with van der Waals surface area (Å²) in [5.74, 6) is 0. The molecule has 1 aliphatic rings. The number of anilines is 1. The van der Waals surface area contributed by atoms with Crippen molar-refractivity contribution in [1.82, 2.24) is 0 Å². The summed E-state index contributed by atoms with van der Waals surface area (Å²) in [7, 11) is 2.19. The highest BCUT2D eigenvalue weighted by atomic mass is 32.2. The van der Waals surface area contributed by atoms with Crippen molar-refractivity contribution in [1.29, 1.82) is 0 Å². The predicted octanol–water partition coefficient (Wildman–Crippen LogP) is 3.60. The standard InChI is InChI=1S/C12H17NS/c1-12(2,3)11-13(4)9-7-5-6-8-10(9)14-11/h5-8,11H,1-4H3. The summed E-state index contributed by atoms with van der Waals surface area (Å²) in [6.45, 7) is 6.90. The fourth-order valence-corrected chi connectivity index (χ4v) is 3.29. The number of hydrogen-bond donors (Lipinski definition) is 0. The molecule has 1 aromatic rings. The van der Waals surface area contributed by atoms with Gasteiger partial charge in [-0.05, 0) is 17.5 Å². The number of hydrogen-bond acceptors (Lipinski definition) is 2. The van der Waals surface area contributed by atoms with E-state index in [1.165, 1.54) is 10.6 Å². The summed E-state index contributed by atoms with van der Waals surface area (Å²) < 4.78 is 0. The van der Waals surface area contributed by atoms with Gasteiger partial charge in [-0.3, -0.25) is 0 Å². The van der Waals surface area contributed by atoms with Gasteiger partial charge < -0.3 is 4.90 Å². The van der Waals surface area contributed by atoms with Gasteiger partial charge in [0.25, 0.3) is 0 Å². The van der Waals surface area contributed by atoms with Crippen molar-refractivity contribution >= 4 is 17.4 Å². The van der Waals surface area contributed by atoms with E-state index in [4.69, 9.17) is 0 Å². The van der Waals surface area contributed by atoms with Gasteiger partial charge in [-0.25, -0.2) is 0 Å². The Bertz CT molecular complexity index is 340. The number of nitrogens with zero attached hydrogens (tertiary/aromatic N) is 1. The van der Waals surface area contributed by atoms with Crippen LogP contribution in [0, 0.1) is 5.41 Å². The van der Waals surface area contributed by atoms with Crippen LogP contribution in [0.4, 0.5) is 5.69 Å². The van der Waals surface area contributed by atoms with Crippen LogP contribution in [0.15, 0.2) is 29.2 Å². The molecule has 1 heterocycles. The first-order valence-corrected chi connectivity index (χ1v) is 5.86. The monoisotopic (exact) mass is 207 g/mol. The molecule has 0 saturated heterocycles.